The van der Waals surface area contributed by atoms with E-state index in [-0.39, 0.29) is 0 Å². The van der Waals surface area contributed by atoms with E-state index >= 15 is 0 Å². The summed E-state index contributed by atoms with van der Waals surface area (Å²) in [5, 5.41) is 10.1. The Balaban J connectivity index is 0.992. The van der Waals surface area contributed by atoms with Gasteiger partial charge in [0, 0.05) is 59.2 Å². The molecule has 0 bridgehead atoms. The predicted octanol–water partition coefficient (Wildman–Crippen LogP) is 15.0. The molecule has 0 saturated heterocycles. The van der Waals surface area contributed by atoms with Gasteiger partial charge in [-0.05, 0) is 96.1 Å². The lowest BCUT2D eigenvalue weighted by atomic mass is 10.0. The highest BCUT2D eigenvalue weighted by Gasteiger charge is 2.20. The lowest BCUT2D eigenvalue weighted by Gasteiger charge is -2.11. The summed E-state index contributed by atoms with van der Waals surface area (Å²) in [6.45, 7) is 0. The molecular formula is C54H33N3S. The second-order valence-electron chi connectivity index (χ2n) is 15.3. The van der Waals surface area contributed by atoms with E-state index in [1.54, 1.807) is 0 Å². The molecule has 4 heteroatoms. The Morgan fingerprint density at radius 3 is 1.40 bits per heavy atom. The first-order valence-corrected chi connectivity index (χ1v) is 20.7. The van der Waals surface area contributed by atoms with E-state index < -0.39 is 0 Å². The van der Waals surface area contributed by atoms with E-state index in [4.69, 9.17) is 0 Å². The van der Waals surface area contributed by atoms with Crippen LogP contribution in [0.15, 0.2) is 200 Å². The second-order valence-corrected chi connectivity index (χ2v) is 16.4. The van der Waals surface area contributed by atoms with Gasteiger partial charge in [-0.3, -0.25) is 0 Å². The molecule has 4 aromatic heterocycles. The van der Waals surface area contributed by atoms with Crippen LogP contribution in [-0.2, 0) is 0 Å². The summed E-state index contributed by atoms with van der Waals surface area (Å²) in [5.41, 5.74) is 13.2. The molecule has 0 aliphatic rings. The third kappa shape index (κ3) is 4.43. The molecular weight excluding hydrogens is 723 g/mol. The first-order valence-electron chi connectivity index (χ1n) is 19.8. The number of thiophene rings is 1. The van der Waals surface area contributed by atoms with E-state index in [0.29, 0.717) is 0 Å². The molecule has 58 heavy (non-hydrogen) atoms. The number of fused-ring (bicyclic) bond motifs is 12. The zero-order valence-electron chi connectivity index (χ0n) is 31.3. The van der Waals surface area contributed by atoms with Crippen molar-refractivity contribution in [3.8, 4) is 28.2 Å². The molecule has 270 valence electrons. The first kappa shape index (κ1) is 31.8. The fraction of sp³-hybridized carbons (Fsp3) is 0. The molecule has 0 unspecified atom stereocenters. The van der Waals surface area contributed by atoms with Gasteiger partial charge in [0.05, 0.1) is 43.5 Å². The summed E-state index contributed by atoms with van der Waals surface area (Å²) in [6.07, 6.45) is 0. The number of para-hydroxylation sites is 4. The molecule has 0 aliphatic heterocycles. The molecule has 0 aliphatic carbocycles. The lowest BCUT2D eigenvalue weighted by molar-refractivity contribution is 1.17. The van der Waals surface area contributed by atoms with Crippen LogP contribution < -0.4 is 0 Å². The minimum Gasteiger partial charge on any atom is -0.309 e. The number of hydrogen-bond donors (Lipinski definition) is 0. The van der Waals surface area contributed by atoms with Crippen LogP contribution in [0.4, 0.5) is 0 Å². The Kier molecular flexibility index (Phi) is 6.60. The molecule has 13 rings (SSSR count). The number of nitrogens with zero attached hydrogens (tertiary/aromatic N) is 3. The van der Waals surface area contributed by atoms with E-state index in [1.807, 2.05) is 11.3 Å². The fourth-order valence-corrected chi connectivity index (χ4v) is 10.9. The Labute approximate surface area is 337 Å². The SMILES string of the molecule is c1ccc(-n2c3ccccc3c3cc(-c4ccc5c(c4)c4ccccc4n5-c4ccc5c(c4)c4ccccc4n5-c4cccc5c4sc4ccccc45)ccc32)cc1. The molecule has 4 heterocycles. The van der Waals surface area contributed by atoms with Crippen LogP contribution in [0.25, 0.3) is 114 Å². The van der Waals surface area contributed by atoms with Crippen molar-refractivity contribution in [1.82, 2.24) is 13.7 Å². The number of benzene rings is 9. The zero-order chi connectivity index (χ0) is 37.9. The van der Waals surface area contributed by atoms with Crippen molar-refractivity contribution in [2.45, 2.75) is 0 Å². The van der Waals surface area contributed by atoms with Gasteiger partial charge in [0.1, 0.15) is 0 Å². The molecule has 0 saturated carbocycles. The van der Waals surface area contributed by atoms with Crippen molar-refractivity contribution in [1.29, 1.82) is 0 Å². The van der Waals surface area contributed by atoms with Gasteiger partial charge in [-0.25, -0.2) is 0 Å². The van der Waals surface area contributed by atoms with Gasteiger partial charge in [-0.1, -0.05) is 115 Å². The van der Waals surface area contributed by atoms with E-state index in [9.17, 15) is 0 Å². The number of rotatable bonds is 4. The molecule has 0 spiro atoms. The molecule has 13 aromatic rings. The van der Waals surface area contributed by atoms with Crippen LogP contribution >= 0.6 is 11.3 Å². The summed E-state index contributed by atoms with van der Waals surface area (Å²) in [5.74, 6) is 0. The Morgan fingerprint density at radius 1 is 0.276 bits per heavy atom. The zero-order valence-corrected chi connectivity index (χ0v) is 32.1. The smallest absolute Gasteiger partial charge is 0.0640 e. The Hall–Kier alpha value is -7.40. The van der Waals surface area contributed by atoms with E-state index in [1.165, 1.54) is 108 Å². The normalized spacial score (nSPS) is 12.1. The third-order valence-corrected chi connectivity index (χ3v) is 13.4. The van der Waals surface area contributed by atoms with Crippen LogP contribution in [0, 0.1) is 0 Å². The van der Waals surface area contributed by atoms with Crippen molar-refractivity contribution in [2.24, 2.45) is 0 Å². The predicted molar refractivity (Wildman–Crippen MR) is 248 cm³/mol. The van der Waals surface area contributed by atoms with Gasteiger partial charge in [0.15, 0.2) is 0 Å². The highest BCUT2D eigenvalue weighted by molar-refractivity contribution is 7.26. The molecule has 0 fully saturated rings. The van der Waals surface area contributed by atoms with Crippen molar-refractivity contribution >= 4 is 96.9 Å². The van der Waals surface area contributed by atoms with Crippen LogP contribution in [0.1, 0.15) is 0 Å². The van der Waals surface area contributed by atoms with Crippen LogP contribution in [-0.4, -0.2) is 13.7 Å². The van der Waals surface area contributed by atoms with Crippen molar-refractivity contribution in [2.75, 3.05) is 0 Å². The molecule has 0 N–H and O–H groups in total. The lowest BCUT2D eigenvalue weighted by Crippen LogP contribution is -1.96. The third-order valence-electron chi connectivity index (χ3n) is 12.2. The topological polar surface area (TPSA) is 14.8 Å². The maximum atomic E-state index is 2.47. The van der Waals surface area contributed by atoms with Crippen LogP contribution in [0.2, 0.25) is 0 Å². The van der Waals surface area contributed by atoms with Gasteiger partial charge in [0.25, 0.3) is 0 Å². The van der Waals surface area contributed by atoms with Gasteiger partial charge >= 0.3 is 0 Å². The minimum atomic E-state index is 1.16. The van der Waals surface area contributed by atoms with E-state index in [0.717, 1.165) is 5.69 Å². The summed E-state index contributed by atoms with van der Waals surface area (Å²) in [7, 11) is 0. The number of aromatic nitrogens is 3. The molecule has 0 atom stereocenters. The summed E-state index contributed by atoms with van der Waals surface area (Å²) in [6, 6.07) is 73.6. The minimum absolute atomic E-state index is 1.16. The van der Waals surface area contributed by atoms with Crippen molar-refractivity contribution in [3.63, 3.8) is 0 Å². The highest BCUT2D eigenvalue weighted by Crippen LogP contribution is 2.43. The Morgan fingerprint density at radius 2 is 0.741 bits per heavy atom. The van der Waals surface area contributed by atoms with Gasteiger partial charge in [-0.2, -0.15) is 0 Å². The number of hydrogen-bond acceptors (Lipinski definition) is 1. The summed E-state index contributed by atoms with van der Waals surface area (Å²) >= 11 is 1.88. The quantitative estimate of drug-likeness (QED) is 0.170. The largest absolute Gasteiger partial charge is 0.309 e. The maximum Gasteiger partial charge on any atom is 0.0640 e. The summed E-state index contributed by atoms with van der Waals surface area (Å²) in [4.78, 5) is 0. The molecule has 0 amide bonds. The summed E-state index contributed by atoms with van der Waals surface area (Å²) < 4.78 is 9.93. The Bertz CT molecular complexity index is 3800. The average molecular weight is 756 g/mol. The van der Waals surface area contributed by atoms with Gasteiger partial charge in [0.2, 0.25) is 0 Å². The maximum absolute atomic E-state index is 2.47. The fourth-order valence-electron chi connectivity index (χ4n) is 9.71. The standard InChI is InChI=1S/C54H33N3S/c1-2-13-36(14-3-1)55-46-20-8-4-15-38(46)43-31-34(25-28-49(43)55)35-26-29-50-44(32-35)39-16-5-9-21-47(39)56(50)37-27-30-51-45(33-37)40-17-6-10-22-48(40)57(51)52-23-12-19-42-41-18-7-11-24-53(41)58-54(42)52/h1-33H. The van der Waals surface area contributed by atoms with Gasteiger partial charge < -0.3 is 13.7 Å². The second kappa shape index (κ2) is 12.1. The van der Waals surface area contributed by atoms with Crippen LogP contribution in [0.5, 0.6) is 0 Å². The molecule has 3 nitrogen and oxygen atoms in total. The van der Waals surface area contributed by atoms with Gasteiger partial charge in [-0.15, -0.1) is 11.3 Å². The molecule has 9 aromatic carbocycles. The van der Waals surface area contributed by atoms with Crippen molar-refractivity contribution in [3.05, 3.63) is 200 Å². The van der Waals surface area contributed by atoms with Crippen molar-refractivity contribution < 1.29 is 0 Å². The first-order chi connectivity index (χ1) is 28.8. The monoisotopic (exact) mass is 755 g/mol. The average Bonchev–Trinajstić information content (AvgIpc) is 4.02. The van der Waals surface area contributed by atoms with Crippen LogP contribution in [0.3, 0.4) is 0 Å². The highest BCUT2D eigenvalue weighted by atomic mass is 32.1. The van der Waals surface area contributed by atoms with E-state index in [2.05, 4.69) is 214 Å². The molecule has 0 radical (unpaired) electrons.